The lowest BCUT2D eigenvalue weighted by molar-refractivity contribution is -0.148. The van der Waals surface area contributed by atoms with Crippen molar-refractivity contribution in [3.8, 4) is 0 Å². The Morgan fingerprint density at radius 1 is 1.24 bits per heavy atom. The van der Waals surface area contributed by atoms with E-state index in [1.165, 1.54) is 7.11 Å². The largest absolute Gasteiger partial charge is 0.481 e. The Morgan fingerprint density at radius 2 is 1.88 bits per heavy atom. The molecule has 7 heteroatoms. The van der Waals surface area contributed by atoms with Crippen LogP contribution in [0.2, 0.25) is 0 Å². The molecule has 0 radical (unpaired) electrons. The number of alkyl halides is 1. The van der Waals surface area contributed by atoms with Gasteiger partial charge >= 0.3 is 11.9 Å². The fourth-order valence-corrected chi connectivity index (χ4v) is 3.45. The minimum atomic E-state index is -0.768. The third-order valence-corrected chi connectivity index (χ3v) is 5.18. The Hall–Kier alpha value is -1.60. The maximum atomic E-state index is 11.8. The van der Waals surface area contributed by atoms with Crippen LogP contribution < -0.4 is 4.90 Å². The predicted molar refractivity (Wildman–Crippen MR) is 100 cm³/mol. The van der Waals surface area contributed by atoms with Crippen LogP contribution in [0.3, 0.4) is 0 Å². The summed E-state index contributed by atoms with van der Waals surface area (Å²) in [5, 5.41) is 9.85. The molecule has 1 aliphatic heterocycles. The summed E-state index contributed by atoms with van der Waals surface area (Å²) >= 11 is 3.43. The molecule has 2 rings (SSSR count). The van der Waals surface area contributed by atoms with Crippen LogP contribution >= 0.6 is 15.9 Å². The van der Waals surface area contributed by atoms with E-state index in [1.54, 1.807) is 19.9 Å². The highest BCUT2D eigenvalue weighted by Gasteiger charge is 2.31. The molecule has 1 fully saturated rings. The molecular weight excluding hydrogens is 388 g/mol. The molecule has 0 saturated carbocycles. The van der Waals surface area contributed by atoms with Gasteiger partial charge in [-0.2, -0.15) is 0 Å². The van der Waals surface area contributed by atoms with Crippen LogP contribution in [0.15, 0.2) is 18.2 Å². The molecule has 0 amide bonds. The van der Waals surface area contributed by atoms with Crippen molar-refractivity contribution >= 4 is 33.6 Å². The minimum absolute atomic E-state index is 0.332. The van der Waals surface area contributed by atoms with E-state index in [1.807, 2.05) is 12.1 Å². The van der Waals surface area contributed by atoms with Gasteiger partial charge in [-0.25, -0.2) is 4.79 Å². The van der Waals surface area contributed by atoms with Crippen molar-refractivity contribution in [2.45, 2.75) is 19.2 Å². The monoisotopic (exact) mass is 412 g/mol. The standard InChI is InChI=1S/C18H25BrN2O4/c1-18(2,17(23)24)12-20-6-8-21(9-7-20)14-4-5-15(16(22)25-3)13(10-14)11-19/h4-5,10H,6-9,11-12H2,1-3H3,(H,23,24). The minimum Gasteiger partial charge on any atom is -0.481 e. The van der Waals surface area contributed by atoms with E-state index < -0.39 is 11.4 Å². The molecule has 0 spiro atoms. The van der Waals surface area contributed by atoms with E-state index in [0.29, 0.717) is 17.4 Å². The van der Waals surface area contributed by atoms with Gasteiger partial charge in [0.05, 0.1) is 18.1 Å². The molecule has 25 heavy (non-hydrogen) atoms. The second-order valence-corrected chi connectivity index (χ2v) is 7.48. The molecule has 0 aliphatic carbocycles. The molecule has 0 unspecified atom stereocenters. The van der Waals surface area contributed by atoms with Crippen molar-refractivity contribution in [2.75, 3.05) is 44.7 Å². The average molecular weight is 413 g/mol. The third-order valence-electron chi connectivity index (χ3n) is 4.57. The zero-order valence-electron chi connectivity index (χ0n) is 14.9. The highest BCUT2D eigenvalue weighted by atomic mass is 79.9. The molecule has 0 aromatic heterocycles. The van der Waals surface area contributed by atoms with E-state index >= 15 is 0 Å². The molecule has 1 saturated heterocycles. The molecule has 0 atom stereocenters. The van der Waals surface area contributed by atoms with Crippen molar-refractivity contribution in [1.82, 2.24) is 4.90 Å². The molecule has 1 aliphatic rings. The SMILES string of the molecule is COC(=O)c1ccc(N2CCN(CC(C)(C)C(=O)O)CC2)cc1CBr. The zero-order chi connectivity index (χ0) is 18.6. The number of hydrogen-bond acceptors (Lipinski definition) is 5. The van der Waals surface area contributed by atoms with Crippen LogP contribution in [-0.4, -0.2) is 61.8 Å². The van der Waals surface area contributed by atoms with Crippen molar-refractivity contribution in [1.29, 1.82) is 0 Å². The summed E-state index contributed by atoms with van der Waals surface area (Å²) in [6.07, 6.45) is 0. The quantitative estimate of drug-likeness (QED) is 0.571. The third kappa shape index (κ3) is 4.73. The summed E-state index contributed by atoms with van der Waals surface area (Å²) in [7, 11) is 1.38. The maximum Gasteiger partial charge on any atom is 0.338 e. The highest BCUT2D eigenvalue weighted by molar-refractivity contribution is 9.08. The molecular formula is C18H25BrN2O4. The van der Waals surface area contributed by atoms with Gasteiger partial charge in [0.25, 0.3) is 0 Å². The zero-order valence-corrected chi connectivity index (χ0v) is 16.5. The van der Waals surface area contributed by atoms with Gasteiger partial charge in [-0.3, -0.25) is 9.69 Å². The van der Waals surface area contributed by atoms with Crippen LogP contribution in [0.1, 0.15) is 29.8 Å². The van der Waals surface area contributed by atoms with Crippen LogP contribution in [0, 0.1) is 5.41 Å². The summed E-state index contributed by atoms with van der Waals surface area (Å²) in [4.78, 5) is 27.5. The number of ether oxygens (including phenoxy) is 1. The van der Waals surface area contributed by atoms with Crippen LogP contribution in [0.25, 0.3) is 0 Å². The first-order chi connectivity index (χ1) is 11.8. The number of carboxylic acids is 1. The van der Waals surface area contributed by atoms with Crippen molar-refractivity contribution in [3.63, 3.8) is 0 Å². The fraction of sp³-hybridized carbons (Fsp3) is 0.556. The lowest BCUT2D eigenvalue weighted by atomic mass is 9.93. The topological polar surface area (TPSA) is 70.1 Å². The van der Waals surface area contributed by atoms with Crippen LogP contribution in [-0.2, 0) is 14.9 Å². The summed E-state index contributed by atoms with van der Waals surface area (Å²) in [6, 6.07) is 5.75. The fourth-order valence-electron chi connectivity index (χ4n) is 2.99. The molecule has 1 aromatic rings. The number of anilines is 1. The number of halogens is 1. The first-order valence-electron chi connectivity index (χ1n) is 8.26. The maximum absolute atomic E-state index is 11.8. The summed E-state index contributed by atoms with van der Waals surface area (Å²) in [5.74, 6) is -1.10. The van der Waals surface area contributed by atoms with Gasteiger partial charge in [-0.05, 0) is 37.6 Å². The van der Waals surface area contributed by atoms with E-state index in [0.717, 1.165) is 37.4 Å². The number of carbonyl (C=O) groups is 2. The molecule has 6 nitrogen and oxygen atoms in total. The lowest BCUT2D eigenvalue weighted by Crippen LogP contribution is -2.50. The van der Waals surface area contributed by atoms with Gasteiger partial charge in [0.15, 0.2) is 0 Å². The summed E-state index contributed by atoms with van der Waals surface area (Å²) < 4.78 is 4.82. The number of hydrogen-bond donors (Lipinski definition) is 1. The normalized spacial score (nSPS) is 15.9. The second-order valence-electron chi connectivity index (χ2n) is 6.92. The van der Waals surface area contributed by atoms with E-state index in [-0.39, 0.29) is 5.97 Å². The van der Waals surface area contributed by atoms with Crippen molar-refractivity contribution in [2.24, 2.45) is 5.41 Å². The predicted octanol–water partition coefficient (Wildman–Crippen LogP) is 2.60. The number of aliphatic carboxylic acids is 1. The molecule has 1 aromatic carbocycles. The molecule has 1 N–H and O–H groups in total. The Labute approximate surface area is 156 Å². The first-order valence-corrected chi connectivity index (χ1v) is 9.38. The number of methoxy groups -OCH3 is 1. The molecule has 138 valence electrons. The van der Waals surface area contributed by atoms with Crippen molar-refractivity contribution in [3.05, 3.63) is 29.3 Å². The van der Waals surface area contributed by atoms with E-state index in [9.17, 15) is 14.7 Å². The number of rotatable bonds is 6. The lowest BCUT2D eigenvalue weighted by Gasteiger charge is -2.38. The van der Waals surface area contributed by atoms with E-state index in [2.05, 4.69) is 25.7 Å². The number of esters is 1. The summed E-state index contributed by atoms with van der Waals surface area (Å²) in [5.41, 5.74) is 1.80. The van der Waals surface area contributed by atoms with Gasteiger partial charge in [-0.1, -0.05) is 15.9 Å². The van der Waals surface area contributed by atoms with Gasteiger partial charge < -0.3 is 14.7 Å². The number of carboxylic acid groups (broad SMARTS) is 1. The Balaban J connectivity index is 2.03. The van der Waals surface area contributed by atoms with Gasteiger partial charge in [0.1, 0.15) is 0 Å². The molecule has 0 bridgehead atoms. The van der Waals surface area contributed by atoms with E-state index in [4.69, 9.17) is 4.74 Å². The van der Waals surface area contributed by atoms with Crippen LogP contribution in [0.5, 0.6) is 0 Å². The first kappa shape index (κ1) is 19.7. The smallest absolute Gasteiger partial charge is 0.338 e. The number of nitrogens with zero attached hydrogens (tertiary/aromatic N) is 2. The van der Waals surface area contributed by atoms with Crippen molar-refractivity contribution < 1.29 is 19.4 Å². The Bertz CT molecular complexity index is 640. The molecule has 1 heterocycles. The summed E-state index contributed by atoms with van der Waals surface area (Å²) in [6.45, 7) is 7.36. The Kier molecular flexibility index (Phi) is 6.46. The van der Waals surface area contributed by atoms with Crippen LogP contribution in [0.4, 0.5) is 5.69 Å². The Morgan fingerprint density at radius 3 is 2.40 bits per heavy atom. The average Bonchev–Trinajstić information content (AvgIpc) is 2.60. The highest BCUT2D eigenvalue weighted by Crippen LogP contribution is 2.24. The number of piperazine rings is 1. The number of benzene rings is 1. The second kappa shape index (κ2) is 8.19. The van der Waals surface area contributed by atoms with Gasteiger partial charge in [-0.15, -0.1) is 0 Å². The number of carbonyl (C=O) groups excluding carboxylic acids is 1. The van der Waals surface area contributed by atoms with Gasteiger partial charge in [0.2, 0.25) is 0 Å². The van der Waals surface area contributed by atoms with Gasteiger partial charge in [0, 0.05) is 43.7 Å².